The van der Waals surface area contributed by atoms with Gasteiger partial charge in [-0.05, 0) is 25.8 Å². The predicted molar refractivity (Wildman–Crippen MR) is 74.5 cm³/mol. The van der Waals surface area contributed by atoms with E-state index >= 15 is 0 Å². The highest BCUT2D eigenvalue weighted by Crippen LogP contribution is 2.20. The third-order valence-electron chi connectivity index (χ3n) is 3.73. The highest BCUT2D eigenvalue weighted by atomic mass is 79.9. The monoisotopic (exact) mass is 299 g/mol. The van der Waals surface area contributed by atoms with E-state index in [2.05, 4.69) is 37.4 Å². The third-order valence-corrected chi connectivity index (χ3v) is 4.19. The Hall–Kier alpha value is -0.350. The van der Waals surface area contributed by atoms with Crippen LogP contribution in [0.3, 0.4) is 0 Å². The van der Waals surface area contributed by atoms with Gasteiger partial charge in [-0.1, -0.05) is 22.4 Å². The summed E-state index contributed by atoms with van der Waals surface area (Å²) in [7, 11) is 2.08. The Balaban J connectivity index is 1.86. The summed E-state index contributed by atoms with van der Waals surface area (Å²) in [6.45, 7) is 2.42. The van der Waals surface area contributed by atoms with Crippen LogP contribution < -0.4 is 0 Å². The SMILES string of the molecule is Cn1ccnc1CCN1CCCCC1CCBr. The fraction of sp³-hybridized carbons (Fsp3) is 0.769. The topological polar surface area (TPSA) is 21.1 Å². The number of alkyl halides is 1. The Morgan fingerprint density at radius 3 is 3.06 bits per heavy atom. The van der Waals surface area contributed by atoms with Gasteiger partial charge in [-0.25, -0.2) is 4.98 Å². The summed E-state index contributed by atoms with van der Waals surface area (Å²) < 4.78 is 2.13. The van der Waals surface area contributed by atoms with Gasteiger partial charge in [-0.2, -0.15) is 0 Å². The van der Waals surface area contributed by atoms with E-state index in [1.807, 2.05) is 12.4 Å². The maximum atomic E-state index is 4.40. The predicted octanol–water partition coefficient (Wildman–Crippen LogP) is 2.60. The van der Waals surface area contributed by atoms with Gasteiger partial charge in [0.05, 0.1) is 0 Å². The number of rotatable bonds is 5. The Morgan fingerprint density at radius 2 is 2.35 bits per heavy atom. The number of nitrogens with zero attached hydrogens (tertiary/aromatic N) is 3. The number of likely N-dealkylation sites (tertiary alicyclic amines) is 1. The molecule has 1 unspecified atom stereocenters. The lowest BCUT2D eigenvalue weighted by Crippen LogP contribution is -2.41. The summed E-state index contributed by atoms with van der Waals surface area (Å²) in [6.07, 6.45) is 10.4. The molecule has 0 aromatic carbocycles. The van der Waals surface area contributed by atoms with E-state index in [9.17, 15) is 0 Å². The molecular formula is C13H22BrN3. The standard InChI is InChI=1S/C13H22BrN3/c1-16-11-8-15-13(16)6-10-17-9-3-2-4-12(17)5-7-14/h8,11-12H,2-7,9-10H2,1H3. The molecule has 96 valence electrons. The molecule has 1 atom stereocenters. The second kappa shape index (κ2) is 6.55. The van der Waals surface area contributed by atoms with Gasteiger partial charge < -0.3 is 4.57 Å². The molecule has 1 saturated heterocycles. The van der Waals surface area contributed by atoms with Gasteiger partial charge >= 0.3 is 0 Å². The Kier molecular flexibility index (Phi) is 5.04. The van der Waals surface area contributed by atoms with Crippen molar-refractivity contribution in [3.8, 4) is 0 Å². The van der Waals surface area contributed by atoms with E-state index in [1.54, 1.807) is 0 Å². The van der Waals surface area contributed by atoms with Gasteiger partial charge in [0.2, 0.25) is 0 Å². The van der Waals surface area contributed by atoms with Crippen molar-refractivity contribution in [1.29, 1.82) is 0 Å². The molecular weight excluding hydrogens is 278 g/mol. The molecule has 1 aromatic rings. The first-order valence-corrected chi connectivity index (χ1v) is 7.69. The Labute approximate surface area is 112 Å². The minimum absolute atomic E-state index is 0.781. The van der Waals surface area contributed by atoms with E-state index in [0.29, 0.717) is 0 Å². The molecule has 1 aliphatic rings. The quantitative estimate of drug-likeness (QED) is 0.779. The zero-order chi connectivity index (χ0) is 12.1. The molecule has 0 spiro atoms. The molecule has 0 bridgehead atoms. The molecule has 17 heavy (non-hydrogen) atoms. The van der Waals surface area contributed by atoms with Crippen molar-refractivity contribution in [1.82, 2.24) is 14.5 Å². The molecule has 0 saturated carbocycles. The van der Waals surface area contributed by atoms with E-state index < -0.39 is 0 Å². The van der Waals surface area contributed by atoms with Gasteiger partial charge in [-0.15, -0.1) is 0 Å². The van der Waals surface area contributed by atoms with Crippen LogP contribution in [0.2, 0.25) is 0 Å². The number of hydrogen-bond acceptors (Lipinski definition) is 2. The summed E-state index contributed by atoms with van der Waals surface area (Å²) in [5, 5.41) is 1.12. The van der Waals surface area contributed by atoms with E-state index in [0.717, 1.165) is 24.3 Å². The molecule has 0 N–H and O–H groups in total. The minimum Gasteiger partial charge on any atom is -0.338 e. The van der Waals surface area contributed by atoms with Crippen LogP contribution in [-0.2, 0) is 13.5 Å². The van der Waals surface area contributed by atoms with Crippen molar-refractivity contribution < 1.29 is 0 Å². The van der Waals surface area contributed by atoms with Gasteiger partial charge in [0.15, 0.2) is 0 Å². The van der Waals surface area contributed by atoms with Crippen molar-refractivity contribution in [3.05, 3.63) is 18.2 Å². The van der Waals surface area contributed by atoms with Gasteiger partial charge in [-0.3, -0.25) is 4.90 Å². The second-order valence-corrected chi connectivity index (χ2v) is 5.66. The molecule has 1 aliphatic heterocycles. The first kappa shape index (κ1) is 13.1. The number of hydrogen-bond donors (Lipinski definition) is 0. The average molecular weight is 300 g/mol. The summed E-state index contributed by atoms with van der Waals surface area (Å²) in [5.41, 5.74) is 0. The van der Waals surface area contributed by atoms with E-state index in [4.69, 9.17) is 0 Å². The normalized spacial score (nSPS) is 21.9. The minimum atomic E-state index is 0.781. The lowest BCUT2D eigenvalue weighted by Gasteiger charge is -2.35. The van der Waals surface area contributed by atoms with Crippen molar-refractivity contribution in [3.63, 3.8) is 0 Å². The summed E-state index contributed by atoms with van der Waals surface area (Å²) in [6, 6.07) is 0.781. The van der Waals surface area contributed by atoms with Gasteiger partial charge in [0.25, 0.3) is 0 Å². The Morgan fingerprint density at radius 1 is 1.47 bits per heavy atom. The largest absolute Gasteiger partial charge is 0.338 e. The Bertz CT molecular complexity index is 335. The number of aromatic nitrogens is 2. The molecule has 0 radical (unpaired) electrons. The number of halogens is 1. The smallest absolute Gasteiger partial charge is 0.109 e. The fourth-order valence-corrected chi connectivity index (χ4v) is 3.22. The fourth-order valence-electron chi connectivity index (χ4n) is 2.69. The lowest BCUT2D eigenvalue weighted by molar-refractivity contribution is 0.146. The van der Waals surface area contributed by atoms with Crippen LogP contribution in [0, 0.1) is 0 Å². The van der Waals surface area contributed by atoms with Crippen LogP contribution in [0.15, 0.2) is 12.4 Å². The van der Waals surface area contributed by atoms with Gasteiger partial charge in [0.1, 0.15) is 5.82 Å². The molecule has 3 nitrogen and oxygen atoms in total. The highest BCUT2D eigenvalue weighted by molar-refractivity contribution is 9.09. The number of imidazole rings is 1. The summed E-state index contributed by atoms with van der Waals surface area (Å²) in [4.78, 5) is 7.05. The average Bonchev–Trinajstić information content (AvgIpc) is 2.74. The molecule has 2 rings (SSSR count). The van der Waals surface area contributed by atoms with Crippen molar-refractivity contribution >= 4 is 15.9 Å². The van der Waals surface area contributed by atoms with Crippen molar-refractivity contribution in [2.45, 2.75) is 38.1 Å². The second-order valence-electron chi connectivity index (χ2n) is 4.87. The van der Waals surface area contributed by atoms with Crippen LogP contribution in [0.5, 0.6) is 0 Å². The van der Waals surface area contributed by atoms with Crippen LogP contribution in [0.1, 0.15) is 31.5 Å². The first-order valence-electron chi connectivity index (χ1n) is 6.57. The van der Waals surface area contributed by atoms with Gasteiger partial charge in [0, 0.05) is 43.8 Å². The maximum Gasteiger partial charge on any atom is 0.109 e. The zero-order valence-corrected chi connectivity index (χ0v) is 12.2. The van der Waals surface area contributed by atoms with Crippen molar-refractivity contribution in [2.24, 2.45) is 7.05 Å². The molecule has 0 aliphatic carbocycles. The van der Waals surface area contributed by atoms with E-state index in [-0.39, 0.29) is 0 Å². The van der Waals surface area contributed by atoms with Crippen molar-refractivity contribution in [2.75, 3.05) is 18.4 Å². The molecule has 2 heterocycles. The molecule has 0 amide bonds. The zero-order valence-electron chi connectivity index (χ0n) is 10.6. The summed E-state index contributed by atoms with van der Waals surface area (Å²) in [5.74, 6) is 1.20. The van der Waals surface area contributed by atoms with Crippen LogP contribution >= 0.6 is 15.9 Å². The maximum absolute atomic E-state index is 4.40. The molecule has 4 heteroatoms. The summed E-state index contributed by atoms with van der Waals surface area (Å²) >= 11 is 3.57. The molecule has 1 fully saturated rings. The van der Waals surface area contributed by atoms with E-state index in [1.165, 1.54) is 38.1 Å². The first-order chi connectivity index (χ1) is 8.31. The highest BCUT2D eigenvalue weighted by Gasteiger charge is 2.21. The van der Waals surface area contributed by atoms with Crippen LogP contribution in [0.25, 0.3) is 0 Å². The lowest BCUT2D eigenvalue weighted by atomic mass is 10.00. The molecule has 1 aromatic heterocycles. The van der Waals surface area contributed by atoms with Crippen LogP contribution in [0.4, 0.5) is 0 Å². The number of aryl methyl sites for hydroxylation is 1. The third kappa shape index (κ3) is 3.55. The van der Waals surface area contributed by atoms with Crippen LogP contribution in [-0.4, -0.2) is 38.9 Å². The number of piperidine rings is 1.